The summed E-state index contributed by atoms with van der Waals surface area (Å²) in [5.41, 5.74) is 4.04. The molecule has 0 amide bonds. The normalized spacial score (nSPS) is 14.1. The van der Waals surface area contributed by atoms with Crippen molar-refractivity contribution in [3.8, 4) is 0 Å². The van der Waals surface area contributed by atoms with Crippen LogP contribution in [0.1, 0.15) is 30.9 Å². The fraction of sp³-hybridized carbons (Fsp3) is 0.250. The monoisotopic (exact) mass is 212 g/mol. The molecule has 0 saturated heterocycles. The van der Waals surface area contributed by atoms with Crippen LogP contribution in [0.4, 0.5) is 0 Å². The molecule has 0 N–H and O–H groups in total. The molecule has 0 aliphatic carbocycles. The molecule has 0 aliphatic rings. The summed E-state index contributed by atoms with van der Waals surface area (Å²) in [6.45, 7) is 10.2. The van der Waals surface area contributed by atoms with Crippen LogP contribution in [0.5, 0.6) is 0 Å². The Balaban J connectivity index is 2.81. The van der Waals surface area contributed by atoms with Crippen LogP contribution in [-0.4, -0.2) is 0 Å². The van der Waals surface area contributed by atoms with Crippen LogP contribution in [0.3, 0.4) is 0 Å². The van der Waals surface area contributed by atoms with Gasteiger partial charge < -0.3 is 0 Å². The smallest absolute Gasteiger partial charge is 0.00201 e. The average molecular weight is 212 g/mol. The molecule has 84 valence electrons. The highest BCUT2D eigenvalue weighted by Crippen LogP contribution is 2.23. The lowest BCUT2D eigenvalue weighted by atomic mass is 9.93. The van der Waals surface area contributed by atoms with E-state index in [0.717, 1.165) is 0 Å². The highest BCUT2D eigenvalue weighted by Gasteiger charge is 2.05. The van der Waals surface area contributed by atoms with Crippen molar-refractivity contribution < 1.29 is 0 Å². The molecule has 0 fully saturated rings. The molecule has 0 saturated carbocycles. The van der Waals surface area contributed by atoms with Crippen LogP contribution in [0, 0.1) is 6.92 Å². The Morgan fingerprint density at radius 3 is 2.38 bits per heavy atom. The van der Waals surface area contributed by atoms with E-state index in [1.807, 2.05) is 12.2 Å². The fourth-order valence-corrected chi connectivity index (χ4v) is 1.55. The fourth-order valence-electron chi connectivity index (χ4n) is 1.55. The van der Waals surface area contributed by atoms with Gasteiger partial charge in [-0.2, -0.15) is 0 Å². The van der Waals surface area contributed by atoms with Crippen LogP contribution >= 0.6 is 0 Å². The molecule has 0 aliphatic heterocycles. The minimum atomic E-state index is 0.468. The second-order valence-electron chi connectivity index (χ2n) is 4.16. The summed E-state index contributed by atoms with van der Waals surface area (Å²) in [5, 5.41) is 0. The Morgan fingerprint density at radius 1 is 1.19 bits per heavy atom. The largest absolute Gasteiger partial charge is 0.0991 e. The minimum absolute atomic E-state index is 0.468. The van der Waals surface area contributed by atoms with Gasteiger partial charge >= 0.3 is 0 Å². The van der Waals surface area contributed by atoms with Gasteiger partial charge in [-0.1, -0.05) is 73.2 Å². The van der Waals surface area contributed by atoms with Gasteiger partial charge in [0.15, 0.2) is 0 Å². The summed E-state index contributed by atoms with van der Waals surface area (Å²) in [7, 11) is 0. The lowest BCUT2D eigenvalue weighted by molar-refractivity contribution is 0.893. The molecule has 1 aromatic rings. The minimum Gasteiger partial charge on any atom is -0.0991 e. The van der Waals surface area contributed by atoms with Gasteiger partial charge in [0.25, 0.3) is 0 Å². The van der Waals surface area contributed by atoms with Crippen molar-refractivity contribution in [2.24, 2.45) is 0 Å². The van der Waals surface area contributed by atoms with E-state index in [4.69, 9.17) is 0 Å². The molecule has 1 rings (SSSR count). The van der Waals surface area contributed by atoms with Crippen molar-refractivity contribution in [1.82, 2.24) is 0 Å². The molecule has 0 nitrogen and oxygen atoms in total. The number of aryl methyl sites for hydroxylation is 1. The number of benzene rings is 1. The molecular weight excluding hydrogens is 192 g/mol. The molecule has 16 heavy (non-hydrogen) atoms. The predicted molar refractivity (Wildman–Crippen MR) is 72.7 cm³/mol. The maximum absolute atomic E-state index is 3.65. The zero-order chi connectivity index (χ0) is 12.0. The third kappa shape index (κ3) is 3.54. The summed E-state index contributed by atoms with van der Waals surface area (Å²) in [5.74, 6) is 0.468. The first-order valence-electron chi connectivity index (χ1n) is 5.67. The molecule has 0 spiro atoms. The highest BCUT2D eigenvalue weighted by atomic mass is 14.1. The van der Waals surface area contributed by atoms with Crippen molar-refractivity contribution in [1.29, 1.82) is 0 Å². The Morgan fingerprint density at radius 2 is 1.81 bits per heavy atom. The van der Waals surface area contributed by atoms with Gasteiger partial charge in [0.05, 0.1) is 0 Å². The molecule has 0 radical (unpaired) electrons. The van der Waals surface area contributed by atoms with E-state index in [9.17, 15) is 0 Å². The molecule has 0 heteroatoms. The van der Waals surface area contributed by atoms with Gasteiger partial charge in [0, 0.05) is 5.92 Å². The molecule has 1 aromatic carbocycles. The van der Waals surface area contributed by atoms with E-state index >= 15 is 0 Å². The van der Waals surface area contributed by atoms with Crippen LogP contribution in [0.2, 0.25) is 0 Å². The zero-order valence-electron chi connectivity index (χ0n) is 10.4. The van der Waals surface area contributed by atoms with Crippen LogP contribution < -0.4 is 0 Å². The van der Waals surface area contributed by atoms with Crippen LogP contribution in [0.15, 0.2) is 60.7 Å². The van der Waals surface area contributed by atoms with E-state index in [1.54, 1.807) is 6.08 Å². The highest BCUT2D eigenvalue weighted by molar-refractivity contribution is 5.31. The van der Waals surface area contributed by atoms with E-state index in [1.165, 1.54) is 16.7 Å². The van der Waals surface area contributed by atoms with Crippen molar-refractivity contribution in [3.63, 3.8) is 0 Å². The molecule has 0 heterocycles. The average Bonchev–Trinajstić information content (AvgIpc) is 2.29. The Labute approximate surface area is 99.0 Å². The predicted octanol–water partition coefficient (Wildman–Crippen LogP) is 4.79. The summed E-state index contributed by atoms with van der Waals surface area (Å²) in [6.07, 6.45) is 7.92. The zero-order valence-corrected chi connectivity index (χ0v) is 10.4. The molecule has 1 atom stereocenters. The first kappa shape index (κ1) is 12.5. The van der Waals surface area contributed by atoms with Crippen LogP contribution in [0.25, 0.3) is 0 Å². The Hall–Kier alpha value is -1.56. The summed E-state index contributed by atoms with van der Waals surface area (Å²) in [4.78, 5) is 0. The number of allylic oxidation sites excluding steroid dienone is 5. The molecule has 1 unspecified atom stereocenters. The van der Waals surface area contributed by atoms with Crippen molar-refractivity contribution >= 4 is 0 Å². The van der Waals surface area contributed by atoms with Gasteiger partial charge in [-0.05, 0) is 19.4 Å². The van der Waals surface area contributed by atoms with E-state index < -0.39 is 0 Å². The van der Waals surface area contributed by atoms with E-state index in [0.29, 0.717) is 5.92 Å². The van der Waals surface area contributed by atoms with Crippen LogP contribution in [-0.2, 0) is 0 Å². The molecule has 0 aromatic heterocycles. The van der Waals surface area contributed by atoms with Gasteiger partial charge in [0.1, 0.15) is 0 Å². The van der Waals surface area contributed by atoms with Gasteiger partial charge in [-0.3, -0.25) is 0 Å². The first-order valence-corrected chi connectivity index (χ1v) is 5.67. The van der Waals surface area contributed by atoms with Crippen molar-refractivity contribution in [3.05, 3.63) is 71.8 Å². The lowest BCUT2D eigenvalue weighted by Crippen LogP contribution is -1.94. The standard InChI is InChI=1S/C16H20/c1-5-6-7-8-14(3)15(4)16-11-9-13(2)10-12-16/h5-12,15H,1H2,2-4H3/b7-6-,14-8-. The van der Waals surface area contributed by atoms with Crippen molar-refractivity contribution in [2.45, 2.75) is 26.7 Å². The van der Waals surface area contributed by atoms with Gasteiger partial charge in [0.2, 0.25) is 0 Å². The summed E-state index contributed by atoms with van der Waals surface area (Å²) >= 11 is 0. The topological polar surface area (TPSA) is 0 Å². The number of rotatable bonds is 4. The van der Waals surface area contributed by atoms with E-state index in [2.05, 4.69) is 57.7 Å². The van der Waals surface area contributed by atoms with E-state index in [-0.39, 0.29) is 0 Å². The Kier molecular flexibility index (Phi) is 4.78. The Bertz CT molecular complexity index is 391. The third-order valence-corrected chi connectivity index (χ3v) is 2.87. The number of hydrogen-bond donors (Lipinski definition) is 0. The third-order valence-electron chi connectivity index (χ3n) is 2.87. The second kappa shape index (κ2) is 6.12. The summed E-state index contributed by atoms with van der Waals surface area (Å²) < 4.78 is 0. The quantitative estimate of drug-likeness (QED) is 0.630. The summed E-state index contributed by atoms with van der Waals surface area (Å²) in [6, 6.07) is 8.74. The lowest BCUT2D eigenvalue weighted by Gasteiger charge is -2.12. The number of hydrogen-bond acceptors (Lipinski definition) is 0. The van der Waals surface area contributed by atoms with Gasteiger partial charge in [-0.25, -0.2) is 0 Å². The molecule has 0 bridgehead atoms. The maximum atomic E-state index is 3.65. The maximum Gasteiger partial charge on any atom is 0.00201 e. The van der Waals surface area contributed by atoms with Crippen molar-refractivity contribution in [2.75, 3.05) is 0 Å². The van der Waals surface area contributed by atoms with Gasteiger partial charge in [-0.15, -0.1) is 0 Å². The SMILES string of the molecule is C=C/C=C\C=C(\C)C(C)c1ccc(C)cc1. The second-order valence-corrected chi connectivity index (χ2v) is 4.16. The molecular formula is C16H20. The first-order chi connectivity index (χ1) is 7.65.